The Morgan fingerprint density at radius 1 is 0.889 bits per heavy atom. The molecule has 0 aromatic heterocycles. The molecule has 4 nitrogen and oxygen atoms in total. The molecule has 5 rings (SSSR count). The van der Waals surface area contributed by atoms with Crippen LogP contribution in [0.15, 0.2) is 0 Å². The van der Waals surface area contributed by atoms with E-state index in [-0.39, 0.29) is 6.10 Å². The normalized spacial score (nSPS) is 44.5. The maximum atomic E-state index is 11.5. The number of likely N-dealkylation sites (tertiary alicyclic amines) is 1. The maximum Gasteiger partial charge on any atom is 0.264 e. The summed E-state index contributed by atoms with van der Waals surface area (Å²) in [6.45, 7) is 14.3. The first-order valence-electron chi connectivity index (χ1n) is 15.5. The zero-order chi connectivity index (χ0) is 25.9. The summed E-state index contributed by atoms with van der Waals surface area (Å²) in [5.74, 6) is 6.40. The molecule has 0 radical (unpaired) electrons. The van der Waals surface area contributed by atoms with Crippen LogP contribution in [0.25, 0.3) is 0 Å². The average molecular weight is 522 g/mol. The van der Waals surface area contributed by atoms with E-state index in [1.807, 2.05) is 0 Å². The molecule has 0 amide bonds. The van der Waals surface area contributed by atoms with Crippen molar-refractivity contribution in [3.8, 4) is 0 Å². The molecular weight excluding hydrogens is 466 g/mol. The topological polar surface area (TPSA) is 46.6 Å². The molecule has 36 heavy (non-hydrogen) atoms. The van der Waals surface area contributed by atoms with Crippen molar-refractivity contribution in [2.24, 2.45) is 52.3 Å². The van der Waals surface area contributed by atoms with Gasteiger partial charge < -0.3 is 0 Å². The van der Waals surface area contributed by atoms with E-state index in [2.05, 4.69) is 39.5 Å². The van der Waals surface area contributed by atoms with E-state index in [9.17, 15) is 8.42 Å². The van der Waals surface area contributed by atoms with Gasteiger partial charge in [0, 0.05) is 19.1 Å². The second kappa shape index (κ2) is 10.1. The molecule has 9 atom stereocenters. The van der Waals surface area contributed by atoms with Crippen LogP contribution >= 0.6 is 0 Å². The predicted molar refractivity (Wildman–Crippen MR) is 148 cm³/mol. The van der Waals surface area contributed by atoms with E-state index >= 15 is 0 Å². The van der Waals surface area contributed by atoms with Gasteiger partial charge in [-0.15, -0.1) is 0 Å². The van der Waals surface area contributed by atoms with E-state index in [1.165, 1.54) is 83.3 Å². The van der Waals surface area contributed by atoms with Crippen molar-refractivity contribution in [2.45, 2.75) is 124 Å². The highest BCUT2D eigenvalue weighted by Crippen LogP contribution is 2.68. The molecule has 4 saturated carbocycles. The summed E-state index contributed by atoms with van der Waals surface area (Å²) in [6, 6.07) is 0.635. The van der Waals surface area contributed by atoms with E-state index in [0.29, 0.717) is 16.9 Å². The van der Waals surface area contributed by atoms with Gasteiger partial charge in [-0.25, -0.2) is 0 Å². The molecule has 0 bridgehead atoms. The lowest BCUT2D eigenvalue weighted by atomic mass is 9.44. The van der Waals surface area contributed by atoms with Crippen molar-refractivity contribution in [2.75, 3.05) is 19.3 Å². The Morgan fingerprint density at radius 3 is 2.28 bits per heavy atom. The molecule has 5 heteroatoms. The molecule has 0 aromatic rings. The fraction of sp³-hybridized carbons (Fsp3) is 1.00. The van der Waals surface area contributed by atoms with Gasteiger partial charge in [-0.2, -0.15) is 8.42 Å². The summed E-state index contributed by atoms with van der Waals surface area (Å²) in [4.78, 5) is 2.52. The number of hydrogen-bond donors (Lipinski definition) is 0. The van der Waals surface area contributed by atoms with Gasteiger partial charge in [0.1, 0.15) is 6.10 Å². The van der Waals surface area contributed by atoms with Crippen LogP contribution in [-0.4, -0.2) is 44.8 Å². The Kier molecular flexibility index (Phi) is 7.71. The molecule has 0 aromatic carbocycles. The van der Waals surface area contributed by atoms with Crippen LogP contribution in [0, 0.1) is 52.3 Å². The molecule has 4 aliphatic carbocycles. The number of fused-ring (bicyclic) bond motifs is 5. The van der Waals surface area contributed by atoms with E-state index in [0.717, 1.165) is 54.5 Å². The first kappa shape index (κ1) is 27.4. The van der Waals surface area contributed by atoms with Crippen molar-refractivity contribution in [3.63, 3.8) is 0 Å². The van der Waals surface area contributed by atoms with Gasteiger partial charge in [0.2, 0.25) is 0 Å². The molecular formula is C31H55NO3S. The Morgan fingerprint density at radius 2 is 1.58 bits per heavy atom. The van der Waals surface area contributed by atoms with Crippen LogP contribution in [0.4, 0.5) is 0 Å². The zero-order valence-corrected chi connectivity index (χ0v) is 25.0. The summed E-state index contributed by atoms with van der Waals surface area (Å²) < 4.78 is 28.2. The van der Waals surface area contributed by atoms with Crippen LogP contribution in [0.2, 0.25) is 0 Å². The first-order valence-corrected chi connectivity index (χ1v) is 17.3. The molecule has 5 fully saturated rings. The minimum Gasteiger partial charge on any atom is -0.295 e. The van der Waals surface area contributed by atoms with Gasteiger partial charge in [-0.3, -0.25) is 9.08 Å². The molecule has 1 aliphatic heterocycles. The molecule has 1 heterocycles. The van der Waals surface area contributed by atoms with Crippen LogP contribution < -0.4 is 0 Å². The lowest BCUT2D eigenvalue weighted by Gasteiger charge is -2.62. The highest BCUT2D eigenvalue weighted by atomic mass is 32.2. The van der Waals surface area contributed by atoms with Crippen LogP contribution in [0.3, 0.4) is 0 Å². The zero-order valence-electron chi connectivity index (χ0n) is 24.2. The fourth-order valence-corrected chi connectivity index (χ4v) is 11.3. The molecule has 208 valence electrons. The number of rotatable bonds is 8. The first-order chi connectivity index (χ1) is 16.9. The highest BCUT2D eigenvalue weighted by molar-refractivity contribution is 7.86. The standard InChI is InChI=1S/C31H55NO3S/c1-21(2)8-7-9-22(3)27-12-13-28-26-11-10-23-18-24(32-19-25(20-32)35-36(6,33)34)14-16-30(23,4)29(26)15-17-31(27,28)5/h21-29H,7-20H2,1-6H3/t22-,23+,24+,26+,27-,28+,29+,30+,31-/m1/s1. The average Bonchev–Trinajstić information content (AvgIpc) is 3.12. The minimum atomic E-state index is -3.34. The summed E-state index contributed by atoms with van der Waals surface area (Å²) in [5.41, 5.74) is 1.11. The van der Waals surface area contributed by atoms with Crippen molar-refractivity contribution in [3.05, 3.63) is 0 Å². The largest absolute Gasteiger partial charge is 0.295 e. The van der Waals surface area contributed by atoms with Gasteiger partial charge in [0.05, 0.1) is 6.26 Å². The lowest BCUT2D eigenvalue weighted by Crippen LogP contribution is -2.60. The van der Waals surface area contributed by atoms with Gasteiger partial charge in [-0.05, 0) is 110 Å². The smallest absolute Gasteiger partial charge is 0.264 e. The van der Waals surface area contributed by atoms with E-state index < -0.39 is 10.1 Å². The summed E-state index contributed by atoms with van der Waals surface area (Å²) in [7, 11) is -3.34. The number of hydrogen-bond acceptors (Lipinski definition) is 4. The van der Waals surface area contributed by atoms with Crippen molar-refractivity contribution < 1.29 is 12.6 Å². The molecule has 0 unspecified atom stereocenters. The number of nitrogens with zero attached hydrogens (tertiary/aromatic N) is 1. The van der Waals surface area contributed by atoms with Gasteiger partial charge in [0.15, 0.2) is 0 Å². The summed E-state index contributed by atoms with van der Waals surface area (Å²) >= 11 is 0. The Hall–Kier alpha value is -0.130. The molecule has 1 saturated heterocycles. The van der Waals surface area contributed by atoms with E-state index in [1.54, 1.807) is 0 Å². The quantitative estimate of drug-likeness (QED) is 0.319. The summed E-state index contributed by atoms with van der Waals surface area (Å²) in [6.07, 6.45) is 18.1. The predicted octanol–water partition coefficient (Wildman–Crippen LogP) is 7.14. The Labute approximate surface area is 222 Å². The third-order valence-corrected chi connectivity index (χ3v) is 13.2. The summed E-state index contributed by atoms with van der Waals surface area (Å²) in [5, 5.41) is 0. The Balaban J connectivity index is 1.19. The van der Waals surface area contributed by atoms with Crippen molar-refractivity contribution in [1.82, 2.24) is 4.90 Å². The molecule has 5 aliphatic rings. The van der Waals surface area contributed by atoms with Gasteiger partial charge in [0.25, 0.3) is 10.1 Å². The third-order valence-electron chi connectivity index (χ3n) is 12.5. The maximum absolute atomic E-state index is 11.5. The van der Waals surface area contributed by atoms with Crippen LogP contribution in [-0.2, 0) is 14.3 Å². The lowest BCUT2D eigenvalue weighted by molar-refractivity contribution is -0.132. The van der Waals surface area contributed by atoms with Crippen LogP contribution in [0.1, 0.15) is 112 Å². The van der Waals surface area contributed by atoms with Crippen LogP contribution in [0.5, 0.6) is 0 Å². The monoisotopic (exact) mass is 521 g/mol. The second-order valence-electron chi connectivity index (χ2n) is 15.0. The molecule has 0 N–H and O–H groups in total. The SMILES string of the molecule is CC(C)CCC[C@@H](C)[C@H]1CC[C@H]2[C@@H]3CC[C@H]4C[C@@H](N5CC(OS(C)(=O)=O)C5)CC[C@]4(C)[C@H]3CC[C@]12C. The van der Waals surface area contributed by atoms with Gasteiger partial charge in [-0.1, -0.05) is 53.9 Å². The third kappa shape index (κ3) is 5.08. The van der Waals surface area contributed by atoms with E-state index in [4.69, 9.17) is 4.18 Å². The van der Waals surface area contributed by atoms with Crippen molar-refractivity contribution >= 4 is 10.1 Å². The van der Waals surface area contributed by atoms with Crippen molar-refractivity contribution in [1.29, 1.82) is 0 Å². The minimum absolute atomic E-state index is 0.122. The second-order valence-corrected chi connectivity index (χ2v) is 16.6. The highest BCUT2D eigenvalue weighted by Gasteiger charge is 2.61. The van der Waals surface area contributed by atoms with Gasteiger partial charge >= 0.3 is 0 Å². The molecule has 0 spiro atoms. The Bertz CT molecular complexity index is 882. The fourth-order valence-electron chi connectivity index (χ4n) is 10.7.